The lowest BCUT2D eigenvalue weighted by Crippen LogP contribution is -2.55. The Morgan fingerprint density at radius 3 is 2.44 bits per heavy atom. The van der Waals surface area contributed by atoms with Crippen LogP contribution in [-0.2, 0) is 44.5 Å². The Kier molecular flexibility index (Phi) is 9.11. The number of imide groups is 1. The van der Waals surface area contributed by atoms with E-state index in [1.54, 1.807) is 26.2 Å². The van der Waals surface area contributed by atoms with Crippen LogP contribution in [-0.4, -0.2) is 77.9 Å². The summed E-state index contributed by atoms with van der Waals surface area (Å²) >= 11 is 0. The average Bonchev–Trinajstić information content (AvgIpc) is 3.86. The molecule has 1 saturated carbocycles. The van der Waals surface area contributed by atoms with E-state index in [0.29, 0.717) is 31.6 Å². The van der Waals surface area contributed by atoms with E-state index in [1.165, 1.54) is 5.57 Å². The van der Waals surface area contributed by atoms with Crippen LogP contribution in [0, 0.1) is 5.92 Å². The van der Waals surface area contributed by atoms with Crippen molar-refractivity contribution in [3.8, 4) is 0 Å². The van der Waals surface area contributed by atoms with Crippen molar-refractivity contribution in [2.75, 3.05) is 19.0 Å². The van der Waals surface area contributed by atoms with Gasteiger partial charge in [0.25, 0.3) is 0 Å². The van der Waals surface area contributed by atoms with Crippen molar-refractivity contribution in [3.05, 3.63) is 41.5 Å². The third kappa shape index (κ3) is 6.71. The molecule has 0 radical (unpaired) electrons. The fourth-order valence-corrected chi connectivity index (χ4v) is 6.88. The second kappa shape index (κ2) is 12.5. The number of nitrogens with one attached hydrogen (secondary N) is 1. The maximum Gasteiger partial charge on any atom is 0.306 e. The number of esters is 1. The van der Waals surface area contributed by atoms with Gasteiger partial charge in [-0.15, -0.1) is 0 Å². The van der Waals surface area contributed by atoms with Gasteiger partial charge in [0.1, 0.15) is 29.5 Å². The molecule has 4 aliphatic rings. The van der Waals surface area contributed by atoms with E-state index in [-0.39, 0.29) is 72.5 Å². The van der Waals surface area contributed by atoms with Crippen LogP contribution in [0.3, 0.4) is 0 Å². The van der Waals surface area contributed by atoms with Gasteiger partial charge in [-0.2, -0.15) is 0 Å². The van der Waals surface area contributed by atoms with Gasteiger partial charge < -0.3 is 24.3 Å². The van der Waals surface area contributed by atoms with E-state index >= 15 is 0 Å². The molecule has 0 aromatic heterocycles. The van der Waals surface area contributed by atoms with Crippen LogP contribution in [0.4, 0.5) is 5.69 Å². The summed E-state index contributed by atoms with van der Waals surface area (Å²) in [5.74, 6) is -1.31. The zero-order chi connectivity index (χ0) is 30.9. The second-order valence-corrected chi connectivity index (χ2v) is 12.8. The van der Waals surface area contributed by atoms with Gasteiger partial charge in [-0.3, -0.25) is 24.1 Å². The molecular formula is C33H44N2O8. The maximum atomic E-state index is 12.9. The Bertz CT molecular complexity index is 1250. The number of epoxide rings is 2. The highest BCUT2D eigenvalue weighted by atomic mass is 16.6. The first-order valence-electron chi connectivity index (χ1n) is 15.4. The number of nitrogens with zero attached hydrogens (tertiary/aromatic N) is 1. The molecule has 10 heteroatoms. The lowest BCUT2D eigenvalue weighted by Gasteiger charge is -2.42. The minimum atomic E-state index is -0.865. The summed E-state index contributed by atoms with van der Waals surface area (Å²) in [5, 5.41) is 2.77. The summed E-state index contributed by atoms with van der Waals surface area (Å²) in [6.07, 6.45) is 5.88. The quantitative estimate of drug-likeness (QED) is 0.165. The minimum Gasteiger partial charge on any atom is -0.460 e. The predicted molar refractivity (Wildman–Crippen MR) is 158 cm³/mol. The van der Waals surface area contributed by atoms with E-state index in [9.17, 15) is 19.2 Å². The predicted octanol–water partition coefficient (Wildman–Crippen LogP) is 4.10. The lowest BCUT2D eigenvalue weighted by molar-refractivity contribution is -0.172. The van der Waals surface area contributed by atoms with Crippen LogP contribution in [0.5, 0.6) is 0 Å². The van der Waals surface area contributed by atoms with Crippen LogP contribution in [0.15, 0.2) is 35.9 Å². The normalized spacial score (nSPS) is 32.0. The monoisotopic (exact) mass is 596 g/mol. The van der Waals surface area contributed by atoms with Gasteiger partial charge in [0.15, 0.2) is 0 Å². The number of anilines is 1. The Labute approximate surface area is 253 Å². The van der Waals surface area contributed by atoms with Crippen molar-refractivity contribution in [2.24, 2.45) is 5.92 Å². The molecule has 7 atom stereocenters. The zero-order valence-electron chi connectivity index (χ0n) is 25.9. The summed E-state index contributed by atoms with van der Waals surface area (Å²) < 4.78 is 24.2. The summed E-state index contributed by atoms with van der Waals surface area (Å²) in [6, 6.07) is 6.47. The molecule has 4 fully saturated rings. The second-order valence-electron chi connectivity index (χ2n) is 12.8. The highest BCUT2D eigenvalue weighted by molar-refractivity contribution is 6.07. The summed E-state index contributed by atoms with van der Waals surface area (Å²) in [7, 11) is 1.68. The molecule has 1 aliphatic carbocycles. The van der Waals surface area contributed by atoms with Crippen LogP contribution < -0.4 is 5.32 Å². The largest absolute Gasteiger partial charge is 0.460 e. The Balaban J connectivity index is 1.09. The first-order valence-corrected chi connectivity index (χ1v) is 15.4. The third-order valence-corrected chi connectivity index (χ3v) is 9.44. The maximum absolute atomic E-state index is 12.9. The summed E-state index contributed by atoms with van der Waals surface area (Å²) in [5.41, 5.74) is 2.22. The highest BCUT2D eigenvalue weighted by Crippen LogP contribution is 2.59. The number of benzene rings is 1. The van der Waals surface area contributed by atoms with Crippen molar-refractivity contribution >= 4 is 29.4 Å². The van der Waals surface area contributed by atoms with Gasteiger partial charge in [-0.1, -0.05) is 23.8 Å². The van der Waals surface area contributed by atoms with E-state index in [2.05, 4.69) is 32.2 Å². The first-order chi connectivity index (χ1) is 20.5. The Morgan fingerprint density at radius 1 is 1.16 bits per heavy atom. The molecule has 10 nitrogen and oxygen atoms in total. The number of amides is 3. The number of rotatable bonds is 12. The van der Waals surface area contributed by atoms with Crippen molar-refractivity contribution in [2.45, 2.75) is 115 Å². The molecule has 0 bridgehead atoms. The molecule has 3 amide bonds. The summed E-state index contributed by atoms with van der Waals surface area (Å²) in [6.45, 7) is 8.54. The third-order valence-electron chi connectivity index (χ3n) is 9.44. The van der Waals surface area contributed by atoms with Crippen molar-refractivity contribution in [1.82, 2.24) is 4.90 Å². The SMILES string of the molecule is CO[C@@H]1[C@H](OC(=O)CCCc2ccc(NC(=O)[C@H](C)N3C(=O)CCC3=O)cc2)CC[C@]2(CO2)[C@H]1[C@@]1(C)O[C@@H]1CC=C(C)C. The van der Waals surface area contributed by atoms with Gasteiger partial charge in [-0.25, -0.2) is 0 Å². The van der Waals surface area contributed by atoms with Gasteiger partial charge >= 0.3 is 5.97 Å². The van der Waals surface area contributed by atoms with E-state index in [1.807, 2.05) is 12.1 Å². The lowest BCUT2D eigenvalue weighted by atomic mass is 9.68. The molecule has 0 unspecified atom stereocenters. The molecule has 1 spiro atoms. The fourth-order valence-electron chi connectivity index (χ4n) is 6.88. The molecule has 5 rings (SSSR count). The number of methoxy groups -OCH3 is 1. The number of allylic oxidation sites excluding steroid dienone is 1. The van der Waals surface area contributed by atoms with Gasteiger partial charge in [0, 0.05) is 32.1 Å². The van der Waals surface area contributed by atoms with Crippen molar-refractivity contribution in [3.63, 3.8) is 0 Å². The number of hydrogen-bond acceptors (Lipinski definition) is 8. The van der Waals surface area contributed by atoms with Crippen LogP contribution >= 0.6 is 0 Å². The van der Waals surface area contributed by atoms with Gasteiger partial charge in [0.05, 0.1) is 18.6 Å². The molecular weight excluding hydrogens is 552 g/mol. The van der Waals surface area contributed by atoms with Crippen LogP contribution in [0.25, 0.3) is 0 Å². The molecule has 1 N–H and O–H groups in total. The number of aryl methyl sites for hydroxylation is 1. The molecule has 1 aromatic carbocycles. The molecule has 1 aromatic rings. The Morgan fingerprint density at radius 2 is 1.84 bits per heavy atom. The molecule has 3 saturated heterocycles. The fraction of sp³-hybridized carbons (Fsp3) is 0.636. The summed E-state index contributed by atoms with van der Waals surface area (Å²) in [4.78, 5) is 50.4. The van der Waals surface area contributed by atoms with Gasteiger partial charge in [-0.05, 0) is 77.5 Å². The first kappa shape index (κ1) is 31.3. The number of ether oxygens (including phenoxy) is 4. The van der Waals surface area contributed by atoms with E-state index in [0.717, 1.165) is 23.3 Å². The molecule has 3 aliphatic heterocycles. The number of likely N-dealkylation sites (tertiary alicyclic amines) is 1. The number of carbonyl (C=O) groups is 4. The van der Waals surface area contributed by atoms with Gasteiger partial charge in [0.2, 0.25) is 17.7 Å². The van der Waals surface area contributed by atoms with Crippen LogP contribution in [0.1, 0.15) is 78.2 Å². The Hall–Kier alpha value is -3.08. The minimum absolute atomic E-state index is 0.00886. The van der Waals surface area contributed by atoms with Crippen LogP contribution in [0.2, 0.25) is 0 Å². The standard InChI is InChI=1S/C33H44N2O8/c1-20(2)9-14-25-32(4,43-25)30-29(40-5)24(17-18-33(30)19-41-33)42-28(38)8-6-7-22-10-12-23(13-11-22)34-31(39)21(3)35-26(36)15-16-27(35)37/h9-13,21,24-25,29-30H,6-8,14-19H2,1-5H3,(H,34,39)/t21-,24+,25+,29+,30+,32-,33-/m0/s1. The number of carbonyl (C=O) groups excluding carboxylic acids is 4. The highest BCUT2D eigenvalue weighted by Gasteiger charge is 2.72. The smallest absolute Gasteiger partial charge is 0.306 e. The average molecular weight is 597 g/mol. The molecule has 234 valence electrons. The molecule has 3 heterocycles. The molecule has 43 heavy (non-hydrogen) atoms. The topological polar surface area (TPSA) is 127 Å². The number of hydrogen-bond donors (Lipinski definition) is 1. The van der Waals surface area contributed by atoms with Crippen molar-refractivity contribution < 1.29 is 38.1 Å². The van der Waals surface area contributed by atoms with E-state index < -0.39 is 11.9 Å². The van der Waals surface area contributed by atoms with Crippen molar-refractivity contribution in [1.29, 1.82) is 0 Å². The zero-order valence-corrected chi connectivity index (χ0v) is 25.9. The van der Waals surface area contributed by atoms with E-state index in [4.69, 9.17) is 18.9 Å².